The largest absolute Gasteiger partial charge is 0.378 e. The van der Waals surface area contributed by atoms with Crippen LogP contribution in [0, 0.1) is 5.92 Å². The van der Waals surface area contributed by atoms with Crippen molar-refractivity contribution >= 4 is 5.91 Å². The number of amides is 1. The second-order valence-electron chi connectivity index (χ2n) is 6.19. The highest BCUT2D eigenvalue weighted by Crippen LogP contribution is 2.18. The minimum absolute atomic E-state index is 0.0271. The molecule has 0 radical (unpaired) electrons. The lowest BCUT2D eigenvalue weighted by atomic mass is 10.1. The molecular weight excluding hydrogens is 266 g/mol. The minimum Gasteiger partial charge on any atom is -0.378 e. The van der Waals surface area contributed by atoms with Gasteiger partial charge in [0, 0.05) is 25.9 Å². The number of nitrogens with zero attached hydrogens (tertiary/aromatic N) is 3. The van der Waals surface area contributed by atoms with Crippen molar-refractivity contribution in [3.63, 3.8) is 0 Å². The molecule has 0 bridgehead atoms. The zero-order valence-electron chi connectivity index (χ0n) is 14.2. The third-order valence-electron chi connectivity index (χ3n) is 3.70. The molecule has 0 aromatic carbocycles. The van der Waals surface area contributed by atoms with Crippen molar-refractivity contribution in [3.8, 4) is 0 Å². The van der Waals surface area contributed by atoms with Crippen LogP contribution in [0.1, 0.15) is 52.1 Å². The molecule has 1 amide bonds. The summed E-state index contributed by atoms with van der Waals surface area (Å²) in [6.07, 6.45) is 5.39. The number of carbonyl (C=O) groups is 1. The van der Waals surface area contributed by atoms with Gasteiger partial charge in [0.1, 0.15) is 0 Å². The standard InChI is InChI=1S/C16H29N3O2/c1-12(2)9-13(3)21-8-7-16(20)19(6)14(4)15-10-17-18(5)11-15/h10-14H,7-9H2,1-6H3. The molecule has 2 atom stereocenters. The van der Waals surface area contributed by atoms with E-state index in [1.54, 1.807) is 15.8 Å². The van der Waals surface area contributed by atoms with Gasteiger partial charge in [-0.05, 0) is 26.2 Å². The number of rotatable bonds is 8. The summed E-state index contributed by atoms with van der Waals surface area (Å²) in [6.45, 7) is 8.91. The molecule has 1 aromatic rings. The Morgan fingerprint density at radius 1 is 1.38 bits per heavy atom. The van der Waals surface area contributed by atoms with Gasteiger partial charge in [-0.25, -0.2) is 0 Å². The molecule has 0 fully saturated rings. The Kier molecular flexibility index (Phi) is 6.89. The lowest BCUT2D eigenvalue weighted by molar-refractivity contribution is -0.133. The Balaban J connectivity index is 2.37. The van der Waals surface area contributed by atoms with Crippen molar-refractivity contribution in [3.05, 3.63) is 18.0 Å². The molecule has 0 saturated carbocycles. The summed E-state index contributed by atoms with van der Waals surface area (Å²) in [7, 11) is 3.71. The number of ether oxygens (including phenoxy) is 1. The maximum Gasteiger partial charge on any atom is 0.225 e. The molecule has 0 aliphatic rings. The van der Waals surface area contributed by atoms with Crippen molar-refractivity contribution in [1.29, 1.82) is 0 Å². The molecule has 5 heteroatoms. The Hall–Kier alpha value is -1.36. The van der Waals surface area contributed by atoms with E-state index in [-0.39, 0.29) is 18.1 Å². The first kappa shape index (κ1) is 17.7. The van der Waals surface area contributed by atoms with E-state index in [1.807, 2.05) is 27.2 Å². The van der Waals surface area contributed by atoms with E-state index in [0.29, 0.717) is 18.9 Å². The van der Waals surface area contributed by atoms with Gasteiger partial charge in [0.25, 0.3) is 0 Å². The monoisotopic (exact) mass is 295 g/mol. The van der Waals surface area contributed by atoms with Crippen LogP contribution in [0.5, 0.6) is 0 Å². The fourth-order valence-electron chi connectivity index (χ4n) is 2.35. The van der Waals surface area contributed by atoms with Gasteiger partial charge in [-0.2, -0.15) is 5.10 Å². The van der Waals surface area contributed by atoms with Crippen LogP contribution in [0.15, 0.2) is 12.4 Å². The molecule has 1 aromatic heterocycles. The first-order valence-corrected chi connectivity index (χ1v) is 7.67. The molecule has 120 valence electrons. The maximum absolute atomic E-state index is 12.2. The van der Waals surface area contributed by atoms with Crippen molar-refractivity contribution in [2.24, 2.45) is 13.0 Å². The number of aromatic nitrogens is 2. The molecule has 1 heterocycles. The summed E-state index contributed by atoms with van der Waals surface area (Å²) >= 11 is 0. The second kappa shape index (κ2) is 8.17. The van der Waals surface area contributed by atoms with Crippen LogP contribution in [0.3, 0.4) is 0 Å². The second-order valence-corrected chi connectivity index (χ2v) is 6.19. The van der Waals surface area contributed by atoms with Gasteiger partial charge in [0.2, 0.25) is 5.91 Å². The highest BCUT2D eigenvalue weighted by Gasteiger charge is 2.18. The summed E-state index contributed by atoms with van der Waals surface area (Å²) in [5.41, 5.74) is 1.04. The van der Waals surface area contributed by atoms with E-state index >= 15 is 0 Å². The zero-order chi connectivity index (χ0) is 16.0. The van der Waals surface area contributed by atoms with Gasteiger partial charge in [-0.1, -0.05) is 13.8 Å². The molecule has 1 rings (SSSR count). The topological polar surface area (TPSA) is 47.4 Å². The van der Waals surface area contributed by atoms with Crippen LogP contribution in [-0.4, -0.2) is 40.3 Å². The zero-order valence-corrected chi connectivity index (χ0v) is 14.2. The van der Waals surface area contributed by atoms with E-state index in [0.717, 1.165) is 12.0 Å². The predicted molar refractivity (Wildman–Crippen MR) is 83.9 cm³/mol. The van der Waals surface area contributed by atoms with Crippen LogP contribution in [0.25, 0.3) is 0 Å². The summed E-state index contributed by atoms with van der Waals surface area (Å²) in [4.78, 5) is 13.9. The van der Waals surface area contributed by atoms with E-state index in [1.165, 1.54) is 0 Å². The average molecular weight is 295 g/mol. The van der Waals surface area contributed by atoms with Gasteiger partial charge in [0.15, 0.2) is 0 Å². The van der Waals surface area contributed by atoms with Gasteiger partial charge >= 0.3 is 0 Å². The Morgan fingerprint density at radius 3 is 2.57 bits per heavy atom. The number of hydrogen-bond acceptors (Lipinski definition) is 3. The van der Waals surface area contributed by atoms with Gasteiger partial charge < -0.3 is 9.64 Å². The highest BCUT2D eigenvalue weighted by atomic mass is 16.5. The van der Waals surface area contributed by atoms with Gasteiger partial charge in [-0.3, -0.25) is 9.48 Å². The van der Waals surface area contributed by atoms with E-state index in [4.69, 9.17) is 4.74 Å². The Morgan fingerprint density at radius 2 is 2.05 bits per heavy atom. The van der Waals surface area contributed by atoms with E-state index < -0.39 is 0 Å². The highest BCUT2D eigenvalue weighted by molar-refractivity contribution is 5.76. The Bertz CT molecular complexity index is 442. The SMILES string of the molecule is CC(C)CC(C)OCCC(=O)N(C)C(C)c1cnn(C)c1. The molecule has 0 saturated heterocycles. The normalized spacial score (nSPS) is 14.2. The maximum atomic E-state index is 12.2. The van der Waals surface area contributed by atoms with Gasteiger partial charge in [0.05, 0.1) is 31.4 Å². The van der Waals surface area contributed by atoms with Crippen molar-refractivity contribution in [1.82, 2.24) is 14.7 Å². The smallest absolute Gasteiger partial charge is 0.225 e. The van der Waals surface area contributed by atoms with Crippen molar-refractivity contribution in [2.45, 2.75) is 52.7 Å². The summed E-state index contributed by atoms with van der Waals surface area (Å²) in [5.74, 6) is 0.715. The molecule has 5 nitrogen and oxygen atoms in total. The lowest BCUT2D eigenvalue weighted by Crippen LogP contribution is -2.30. The third-order valence-corrected chi connectivity index (χ3v) is 3.70. The molecule has 0 N–H and O–H groups in total. The molecular formula is C16H29N3O2. The average Bonchev–Trinajstić information content (AvgIpc) is 2.82. The fraction of sp³-hybridized carbons (Fsp3) is 0.750. The third kappa shape index (κ3) is 5.87. The fourth-order valence-corrected chi connectivity index (χ4v) is 2.35. The van der Waals surface area contributed by atoms with Crippen LogP contribution in [-0.2, 0) is 16.6 Å². The van der Waals surface area contributed by atoms with Crippen LogP contribution < -0.4 is 0 Å². The number of aryl methyl sites for hydroxylation is 1. The minimum atomic E-state index is 0.0271. The van der Waals surface area contributed by atoms with E-state index in [9.17, 15) is 4.79 Å². The summed E-state index contributed by atoms with van der Waals surface area (Å²) in [5, 5.41) is 4.15. The number of carbonyl (C=O) groups excluding carboxylic acids is 1. The predicted octanol–water partition coefficient (Wildman–Crippen LogP) is 2.78. The van der Waals surface area contributed by atoms with Crippen molar-refractivity contribution < 1.29 is 9.53 Å². The van der Waals surface area contributed by atoms with Crippen LogP contribution in [0.2, 0.25) is 0 Å². The first-order chi connectivity index (χ1) is 9.81. The molecule has 0 spiro atoms. The van der Waals surface area contributed by atoms with Crippen LogP contribution in [0.4, 0.5) is 0 Å². The summed E-state index contributed by atoms with van der Waals surface area (Å²) < 4.78 is 7.45. The Labute approximate surface area is 128 Å². The van der Waals surface area contributed by atoms with Gasteiger partial charge in [-0.15, -0.1) is 0 Å². The molecule has 21 heavy (non-hydrogen) atoms. The van der Waals surface area contributed by atoms with Crippen LogP contribution >= 0.6 is 0 Å². The molecule has 2 unspecified atom stereocenters. The van der Waals surface area contributed by atoms with Crippen molar-refractivity contribution in [2.75, 3.05) is 13.7 Å². The lowest BCUT2D eigenvalue weighted by Gasteiger charge is -2.24. The molecule has 0 aliphatic heterocycles. The summed E-state index contributed by atoms with van der Waals surface area (Å²) in [6, 6.07) is 0.0271. The number of hydrogen-bond donors (Lipinski definition) is 0. The molecule has 0 aliphatic carbocycles. The quantitative estimate of drug-likeness (QED) is 0.741. The van der Waals surface area contributed by atoms with E-state index in [2.05, 4.69) is 25.9 Å². The first-order valence-electron chi connectivity index (χ1n) is 7.67.